The Balaban J connectivity index is 2.10. The minimum absolute atomic E-state index is 0.810. The van der Waals surface area contributed by atoms with E-state index in [2.05, 4.69) is 97.0 Å². The van der Waals surface area contributed by atoms with Crippen molar-refractivity contribution in [1.29, 1.82) is 0 Å². The molecule has 21 heavy (non-hydrogen) atoms. The van der Waals surface area contributed by atoms with Crippen LogP contribution in [0, 0.1) is 0 Å². The second-order valence-corrected chi connectivity index (χ2v) is 13.7. The molecule has 0 unspecified atom stereocenters. The van der Waals surface area contributed by atoms with Crippen LogP contribution in [0.1, 0.15) is 5.56 Å². The predicted octanol–water partition coefficient (Wildman–Crippen LogP) is 6.13. The van der Waals surface area contributed by atoms with Crippen LogP contribution in [-0.4, -0.2) is 8.07 Å². The van der Waals surface area contributed by atoms with E-state index in [1.807, 2.05) is 12.1 Å². The van der Waals surface area contributed by atoms with Crippen molar-refractivity contribution in [2.45, 2.75) is 26.2 Å². The van der Waals surface area contributed by atoms with Gasteiger partial charge in [-0.25, -0.2) is 0 Å². The molecule has 0 aliphatic rings. The molecule has 2 aromatic rings. The number of anilines is 1. The third kappa shape index (κ3) is 4.68. The summed E-state index contributed by atoms with van der Waals surface area (Å²) in [6.45, 7) is 7.92. The highest BCUT2D eigenvalue weighted by Crippen LogP contribution is 2.34. The molecule has 2 rings (SSSR count). The van der Waals surface area contributed by atoms with Gasteiger partial charge in [0.15, 0.2) is 0 Å². The van der Waals surface area contributed by atoms with Crippen molar-refractivity contribution in [3.8, 4) is 0 Å². The summed E-state index contributed by atoms with van der Waals surface area (Å²) in [5.74, 6) is 0. The number of rotatable bonds is 4. The van der Waals surface area contributed by atoms with Crippen LogP contribution in [0.25, 0.3) is 0 Å². The molecule has 1 nitrogen and oxygen atoms in total. The van der Waals surface area contributed by atoms with Crippen LogP contribution in [0.3, 0.4) is 0 Å². The minimum atomic E-state index is -1.21. The first kappa shape index (κ1) is 17.3. The molecule has 0 fully saturated rings. The molecule has 0 bridgehead atoms. The summed E-state index contributed by atoms with van der Waals surface area (Å²) >= 11 is 10.7. The molecule has 1 N–H and O–H groups in total. The fourth-order valence-corrected chi connectivity index (χ4v) is 5.73. The summed E-state index contributed by atoms with van der Waals surface area (Å²) in [6.07, 6.45) is 0. The molecule has 0 heterocycles. The summed E-state index contributed by atoms with van der Waals surface area (Å²) in [5.41, 5.74) is 2.37. The van der Waals surface area contributed by atoms with Gasteiger partial charge in [0.25, 0.3) is 0 Å². The molecule has 0 saturated carbocycles. The molecule has 112 valence electrons. The minimum Gasteiger partial charge on any atom is -0.379 e. The van der Waals surface area contributed by atoms with E-state index in [9.17, 15) is 0 Å². The molecular formula is C16H18Br3NSi. The van der Waals surface area contributed by atoms with Gasteiger partial charge in [-0.05, 0) is 49.6 Å². The van der Waals surface area contributed by atoms with Crippen LogP contribution in [0.15, 0.2) is 49.8 Å². The topological polar surface area (TPSA) is 12.0 Å². The molecule has 0 radical (unpaired) electrons. The summed E-state index contributed by atoms with van der Waals surface area (Å²) in [7, 11) is -1.21. The van der Waals surface area contributed by atoms with E-state index in [4.69, 9.17) is 0 Å². The first-order valence-electron chi connectivity index (χ1n) is 6.75. The summed E-state index contributed by atoms with van der Waals surface area (Å²) in [6, 6.07) is 13.1. The van der Waals surface area contributed by atoms with Gasteiger partial charge in [-0.1, -0.05) is 65.0 Å². The van der Waals surface area contributed by atoms with Crippen molar-refractivity contribution in [2.75, 3.05) is 5.32 Å². The molecule has 0 atom stereocenters. The lowest BCUT2D eigenvalue weighted by molar-refractivity contribution is 1.14. The van der Waals surface area contributed by atoms with Crippen LogP contribution in [0.5, 0.6) is 0 Å². The Hall–Kier alpha value is -0.103. The van der Waals surface area contributed by atoms with E-state index in [1.165, 1.54) is 10.8 Å². The van der Waals surface area contributed by atoms with E-state index in [0.29, 0.717) is 0 Å². The van der Waals surface area contributed by atoms with Gasteiger partial charge in [0.1, 0.15) is 0 Å². The molecule has 0 amide bonds. The molecule has 0 aliphatic heterocycles. The van der Waals surface area contributed by atoms with Crippen molar-refractivity contribution in [1.82, 2.24) is 0 Å². The van der Waals surface area contributed by atoms with Crippen LogP contribution in [-0.2, 0) is 6.54 Å². The Bertz CT molecular complexity index is 610. The number of halogens is 3. The van der Waals surface area contributed by atoms with E-state index in [0.717, 1.165) is 25.7 Å². The van der Waals surface area contributed by atoms with E-state index in [1.54, 1.807) is 0 Å². The lowest BCUT2D eigenvalue weighted by atomic mass is 10.2. The van der Waals surface area contributed by atoms with Crippen molar-refractivity contribution >= 4 is 66.7 Å². The highest BCUT2D eigenvalue weighted by molar-refractivity contribution is 9.11. The predicted molar refractivity (Wildman–Crippen MR) is 106 cm³/mol. The zero-order valence-electron chi connectivity index (χ0n) is 12.3. The fraction of sp³-hybridized carbons (Fsp3) is 0.250. The normalized spacial score (nSPS) is 11.5. The van der Waals surface area contributed by atoms with E-state index in [-0.39, 0.29) is 0 Å². The van der Waals surface area contributed by atoms with Gasteiger partial charge in [0.2, 0.25) is 0 Å². The van der Waals surface area contributed by atoms with Crippen LogP contribution in [0.4, 0.5) is 5.69 Å². The Morgan fingerprint density at radius 2 is 1.43 bits per heavy atom. The Labute approximate surface area is 152 Å². The van der Waals surface area contributed by atoms with Gasteiger partial charge >= 0.3 is 0 Å². The molecule has 2 aromatic carbocycles. The largest absolute Gasteiger partial charge is 0.379 e. The maximum Gasteiger partial charge on any atom is 0.0775 e. The average Bonchev–Trinajstić information content (AvgIpc) is 2.37. The Kier molecular flexibility index (Phi) is 5.74. The standard InChI is InChI=1S/C16H18Br3NSi/c1-21(2,3)13-6-4-11(5-7-13)10-20-16-14(18)8-12(17)9-15(16)19/h4-9,20H,10H2,1-3H3. The molecule has 0 aromatic heterocycles. The summed E-state index contributed by atoms with van der Waals surface area (Å²) in [5, 5.41) is 4.98. The quantitative estimate of drug-likeness (QED) is 0.507. The van der Waals surface area contributed by atoms with Crippen LogP contribution < -0.4 is 10.5 Å². The van der Waals surface area contributed by atoms with Crippen molar-refractivity contribution < 1.29 is 0 Å². The number of benzene rings is 2. The average molecular weight is 492 g/mol. The van der Waals surface area contributed by atoms with Crippen molar-refractivity contribution in [2.24, 2.45) is 0 Å². The van der Waals surface area contributed by atoms with Gasteiger partial charge in [-0.3, -0.25) is 0 Å². The highest BCUT2D eigenvalue weighted by atomic mass is 79.9. The maximum absolute atomic E-state index is 3.59. The second kappa shape index (κ2) is 6.98. The molecule has 0 saturated heterocycles. The van der Waals surface area contributed by atoms with Gasteiger partial charge in [0.05, 0.1) is 13.8 Å². The Morgan fingerprint density at radius 1 is 0.905 bits per heavy atom. The van der Waals surface area contributed by atoms with Gasteiger partial charge in [-0.2, -0.15) is 0 Å². The Morgan fingerprint density at radius 3 is 1.90 bits per heavy atom. The van der Waals surface area contributed by atoms with E-state index < -0.39 is 8.07 Å². The molecule has 0 aliphatic carbocycles. The third-order valence-corrected chi connectivity index (χ3v) is 7.07. The zero-order valence-corrected chi connectivity index (χ0v) is 18.1. The number of hydrogen-bond acceptors (Lipinski definition) is 1. The summed E-state index contributed by atoms with van der Waals surface area (Å²) < 4.78 is 3.14. The smallest absolute Gasteiger partial charge is 0.0775 e. The number of nitrogens with one attached hydrogen (secondary N) is 1. The second-order valence-electron chi connectivity index (χ2n) is 6.04. The highest BCUT2D eigenvalue weighted by Gasteiger charge is 2.15. The van der Waals surface area contributed by atoms with Crippen LogP contribution in [0.2, 0.25) is 19.6 Å². The summed E-state index contributed by atoms with van der Waals surface area (Å²) in [4.78, 5) is 0. The lowest BCUT2D eigenvalue weighted by Gasteiger charge is -2.17. The monoisotopic (exact) mass is 489 g/mol. The molecule has 0 spiro atoms. The maximum atomic E-state index is 3.59. The fourth-order valence-electron chi connectivity index (χ4n) is 2.02. The third-order valence-electron chi connectivity index (χ3n) is 3.30. The van der Waals surface area contributed by atoms with Crippen LogP contribution >= 0.6 is 47.8 Å². The van der Waals surface area contributed by atoms with Crippen molar-refractivity contribution in [3.05, 3.63) is 55.4 Å². The van der Waals surface area contributed by atoms with Gasteiger partial charge in [-0.15, -0.1) is 0 Å². The van der Waals surface area contributed by atoms with Gasteiger partial charge in [0, 0.05) is 20.0 Å². The van der Waals surface area contributed by atoms with Gasteiger partial charge < -0.3 is 5.32 Å². The molecular weight excluding hydrogens is 474 g/mol. The zero-order chi connectivity index (χ0) is 15.6. The molecule has 5 heteroatoms. The first-order valence-corrected chi connectivity index (χ1v) is 12.6. The SMILES string of the molecule is C[Si](C)(C)c1ccc(CNc2c(Br)cc(Br)cc2Br)cc1. The van der Waals surface area contributed by atoms with Crippen molar-refractivity contribution in [3.63, 3.8) is 0 Å². The number of hydrogen-bond donors (Lipinski definition) is 1. The lowest BCUT2D eigenvalue weighted by Crippen LogP contribution is -2.37. The first-order chi connectivity index (χ1) is 9.77. The van der Waals surface area contributed by atoms with E-state index >= 15 is 0 Å².